The summed E-state index contributed by atoms with van der Waals surface area (Å²) in [7, 11) is 0. The molecule has 2 aliphatic heterocycles. The van der Waals surface area contributed by atoms with E-state index >= 15 is 0 Å². The van der Waals surface area contributed by atoms with Gasteiger partial charge in [0, 0.05) is 16.8 Å². The van der Waals surface area contributed by atoms with Crippen LogP contribution < -0.4 is 9.80 Å². The molecule has 0 amide bonds. The topological polar surface area (TPSA) is 19.4 Å². The second-order valence-corrected chi connectivity index (χ2v) is 9.40. The first-order chi connectivity index (χ1) is 16.3. The van der Waals surface area contributed by atoms with Gasteiger partial charge < -0.3 is 9.80 Å². The maximum atomic E-state index is 13.8. The highest BCUT2D eigenvalue weighted by Gasteiger charge is 2.57. The summed E-state index contributed by atoms with van der Waals surface area (Å²) in [6, 6.07) is 19.0. The van der Waals surface area contributed by atoms with E-state index in [0.29, 0.717) is 5.82 Å². The zero-order valence-corrected chi connectivity index (χ0v) is 20.0. The highest BCUT2D eigenvalue weighted by Crippen LogP contribution is 2.63. The minimum absolute atomic E-state index is 0.172. The summed E-state index contributed by atoms with van der Waals surface area (Å²) in [5.41, 5.74) is 3.95. The average molecular weight is 466 g/mol. The third-order valence-corrected chi connectivity index (χ3v) is 8.00. The molecular weight excluding hydrogens is 435 g/mol. The van der Waals surface area contributed by atoms with Crippen LogP contribution in [0.1, 0.15) is 62.8 Å². The summed E-state index contributed by atoms with van der Waals surface area (Å²) in [5.74, 6) is 0.662. The van der Waals surface area contributed by atoms with E-state index in [2.05, 4.69) is 53.8 Å². The van der Waals surface area contributed by atoms with E-state index < -0.39 is 11.9 Å². The normalized spacial score (nSPS) is 20.7. The van der Waals surface area contributed by atoms with Crippen molar-refractivity contribution in [1.82, 2.24) is 4.98 Å². The Labute approximate surface area is 199 Å². The van der Waals surface area contributed by atoms with Gasteiger partial charge in [-0.25, -0.2) is 4.98 Å². The first-order valence-corrected chi connectivity index (χ1v) is 12.1. The second-order valence-electron chi connectivity index (χ2n) is 9.40. The van der Waals surface area contributed by atoms with E-state index in [1.807, 2.05) is 37.3 Å². The Morgan fingerprint density at radius 2 is 1.47 bits per heavy atom. The molecule has 3 heterocycles. The Morgan fingerprint density at radius 3 is 2.09 bits per heavy atom. The van der Waals surface area contributed by atoms with Crippen molar-refractivity contribution in [3.05, 3.63) is 77.5 Å². The summed E-state index contributed by atoms with van der Waals surface area (Å²) in [6.45, 7) is 8.66. The summed E-state index contributed by atoms with van der Waals surface area (Å²) in [5, 5.41) is 0. The molecule has 1 aromatic heterocycles. The van der Waals surface area contributed by atoms with Crippen LogP contribution in [0.15, 0.2) is 60.7 Å². The number of para-hydroxylation sites is 2. The van der Waals surface area contributed by atoms with Gasteiger partial charge in [-0.1, -0.05) is 57.2 Å². The smallest absolute Gasteiger partial charge is 0.316 e. The summed E-state index contributed by atoms with van der Waals surface area (Å²) < 4.78 is 41.3. The minimum Gasteiger partial charge on any atom is -0.316 e. The molecular formula is C28H30F3N3. The Kier molecular flexibility index (Phi) is 5.38. The van der Waals surface area contributed by atoms with Crippen molar-refractivity contribution in [3.8, 4) is 0 Å². The van der Waals surface area contributed by atoms with Crippen molar-refractivity contribution in [2.45, 2.75) is 65.2 Å². The van der Waals surface area contributed by atoms with Crippen molar-refractivity contribution < 1.29 is 13.2 Å². The van der Waals surface area contributed by atoms with Gasteiger partial charge >= 0.3 is 6.18 Å². The van der Waals surface area contributed by atoms with Crippen LogP contribution in [0.4, 0.5) is 36.1 Å². The number of alkyl halides is 3. The summed E-state index contributed by atoms with van der Waals surface area (Å²) >= 11 is 0. The van der Waals surface area contributed by atoms with Gasteiger partial charge in [-0.3, -0.25) is 0 Å². The summed E-state index contributed by atoms with van der Waals surface area (Å²) in [4.78, 5) is 8.61. The van der Waals surface area contributed by atoms with Crippen LogP contribution in [0.25, 0.3) is 0 Å². The van der Waals surface area contributed by atoms with E-state index in [1.54, 1.807) is 6.07 Å². The lowest BCUT2D eigenvalue weighted by Gasteiger charge is -2.55. The van der Waals surface area contributed by atoms with Gasteiger partial charge in [-0.15, -0.1) is 0 Å². The van der Waals surface area contributed by atoms with Gasteiger partial charge in [-0.05, 0) is 67.5 Å². The van der Waals surface area contributed by atoms with Gasteiger partial charge in [0.2, 0.25) is 0 Å². The fourth-order valence-electron chi connectivity index (χ4n) is 6.41. The van der Waals surface area contributed by atoms with Crippen molar-refractivity contribution in [3.63, 3.8) is 0 Å². The molecule has 0 bridgehead atoms. The molecule has 0 aliphatic carbocycles. The molecule has 0 saturated heterocycles. The minimum atomic E-state index is -4.51. The molecule has 2 aromatic carbocycles. The zero-order chi connectivity index (χ0) is 24.3. The van der Waals surface area contributed by atoms with Gasteiger partial charge in [0.15, 0.2) is 5.82 Å². The van der Waals surface area contributed by atoms with Gasteiger partial charge in [0.1, 0.15) is 11.9 Å². The lowest BCUT2D eigenvalue weighted by Crippen LogP contribution is -2.57. The van der Waals surface area contributed by atoms with Crippen molar-refractivity contribution in [2.24, 2.45) is 5.41 Å². The Morgan fingerprint density at radius 1 is 0.824 bits per heavy atom. The lowest BCUT2D eigenvalue weighted by molar-refractivity contribution is -0.141. The number of rotatable bonds is 4. The van der Waals surface area contributed by atoms with E-state index in [9.17, 15) is 13.2 Å². The van der Waals surface area contributed by atoms with Gasteiger partial charge in [0.25, 0.3) is 0 Å². The maximum Gasteiger partial charge on any atom is 0.433 e. The molecule has 6 heteroatoms. The molecule has 3 aromatic rings. The number of halogens is 3. The summed E-state index contributed by atoms with van der Waals surface area (Å²) in [6.07, 6.45) is -1.91. The number of fused-ring (bicyclic) bond motifs is 5. The molecule has 178 valence electrons. The molecule has 0 N–H and O–H groups in total. The van der Waals surface area contributed by atoms with Crippen LogP contribution in [0, 0.1) is 12.3 Å². The van der Waals surface area contributed by atoms with Crippen molar-refractivity contribution >= 4 is 22.9 Å². The number of hydrogen-bond acceptors (Lipinski definition) is 3. The van der Waals surface area contributed by atoms with E-state index in [4.69, 9.17) is 0 Å². The fourth-order valence-corrected chi connectivity index (χ4v) is 6.41. The Bertz CT molecular complexity index is 1220. The van der Waals surface area contributed by atoms with Crippen LogP contribution in [-0.4, -0.2) is 11.1 Å². The van der Waals surface area contributed by atoms with E-state index in [-0.39, 0.29) is 17.5 Å². The fraction of sp³-hybridized carbons (Fsp3) is 0.393. The Hall–Kier alpha value is -3.02. The monoisotopic (exact) mass is 465 g/mol. The van der Waals surface area contributed by atoms with Crippen molar-refractivity contribution in [2.75, 3.05) is 9.80 Å². The number of benzene rings is 2. The quantitative estimate of drug-likeness (QED) is 0.386. The molecule has 0 fully saturated rings. The molecule has 0 spiro atoms. The second kappa shape index (κ2) is 8.03. The van der Waals surface area contributed by atoms with Gasteiger partial charge in [-0.2, -0.15) is 13.2 Å². The highest BCUT2D eigenvalue weighted by molar-refractivity contribution is 5.89. The van der Waals surface area contributed by atoms with Crippen LogP contribution in [0.5, 0.6) is 0 Å². The first-order valence-electron chi connectivity index (χ1n) is 12.1. The molecule has 5 rings (SSSR count). The Balaban J connectivity index is 1.87. The predicted molar refractivity (Wildman–Crippen MR) is 131 cm³/mol. The lowest BCUT2D eigenvalue weighted by atomic mass is 9.62. The van der Waals surface area contributed by atoms with Crippen LogP contribution in [0.2, 0.25) is 0 Å². The third-order valence-electron chi connectivity index (χ3n) is 8.00. The standard InChI is InChI=1S/C28H30F3N3/c1-5-20-19-13-9-11-15-22(19)33-23-16-17-24(28(29,30)31)32-25(23)34(21-14-10-8-12-18(21)4)26(33)27(20,6-2)7-3/h8-17,20,26H,5-7H2,1-4H3. The molecule has 0 radical (unpaired) electrons. The van der Waals surface area contributed by atoms with Crippen LogP contribution >= 0.6 is 0 Å². The van der Waals surface area contributed by atoms with Gasteiger partial charge in [0.05, 0.1) is 5.69 Å². The number of aryl methyl sites for hydroxylation is 1. The molecule has 3 nitrogen and oxygen atoms in total. The molecule has 0 saturated carbocycles. The molecule has 34 heavy (non-hydrogen) atoms. The molecule has 2 unspecified atom stereocenters. The molecule has 2 atom stereocenters. The van der Waals surface area contributed by atoms with E-state index in [0.717, 1.165) is 48.0 Å². The highest BCUT2D eigenvalue weighted by atomic mass is 19.4. The number of hydrogen-bond donors (Lipinski definition) is 0. The zero-order valence-electron chi connectivity index (χ0n) is 20.0. The van der Waals surface area contributed by atoms with E-state index in [1.165, 1.54) is 5.56 Å². The van der Waals surface area contributed by atoms with Crippen LogP contribution in [0.3, 0.4) is 0 Å². The van der Waals surface area contributed by atoms with Crippen molar-refractivity contribution in [1.29, 1.82) is 0 Å². The first kappa shape index (κ1) is 22.8. The van der Waals surface area contributed by atoms with Crippen LogP contribution in [-0.2, 0) is 6.18 Å². The number of pyridine rings is 1. The number of aromatic nitrogens is 1. The predicted octanol–water partition coefficient (Wildman–Crippen LogP) is 8.34. The average Bonchev–Trinajstić information content (AvgIpc) is 3.18. The maximum absolute atomic E-state index is 13.8. The SMILES string of the molecule is CCC1c2ccccc2N2c3ccc(C(F)(F)F)nc3N(c3ccccc3C)C2C1(CC)CC. The largest absolute Gasteiger partial charge is 0.433 e. The third kappa shape index (κ3) is 3.07. The number of nitrogens with zero attached hydrogens (tertiary/aromatic N) is 3. The number of anilines is 4. The molecule has 2 aliphatic rings.